The zero-order valence-electron chi connectivity index (χ0n) is 28.3. The van der Waals surface area contributed by atoms with Crippen LogP contribution >= 0.6 is 0 Å². The molecule has 1 unspecified atom stereocenters. The third kappa shape index (κ3) is 4.04. The van der Waals surface area contributed by atoms with Gasteiger partial charge in [0.15, 0.2) is 0 Å². The summed E-state index contributed by atoms with van der Waals surface area (Å²) in [6, 6.07) is 45.2. The van der Waals surface area contributed by atoms with E-state index in [1.165, 1.54) is 84.0 Å². The first-order valence-electron chi connectivity index (χ1n) is 18.0. The van der Waals surface area contributed by atoms with Gasteiger partial charge in [-0.05, 0) is 0 Å². The Balaban J connectivity index is 1.08. The molecule has 6 aromatic carbocycles. The zero-order valence-corrected chi connectivity index (χ0v) is 30.0. The molecule has 0 radical (unpaired) electrons. The van der Waals surface area contributed by atoms with Crippen molar-refractivity contribution in [3.8, 4) is 22.6 Å². The van der Waals surface area contributed by atoms with E-state index >= 15 is 0 Å². The van der Waals surface area contributed by atoms with Crippen LogP contribution in [0.5, 0.6) is 11.5 Å². The third-order valence-corrected chi connectivity index (χ3v) is 14.5. The summed E-state index contributed by atoms with van der Waals surface area (Å²) >= 11 is 0.199. The molecule has 0 saturated carbocycles. The van der Waals surface area contributed by atoms with E-state index in [1.54, 1.807) is 11.1 Å². The van der Waals surface area contributed by atoms with Crippen molar-refractivity contribution in [2.24, 2.45) is 0 Å². The number of benzene rings is 6. The molecular weight excluding hydrogens is 674 g/mol. The van der Waals surface area contributed by atoms with E-state index < -0.39 is 0 Å². The van der Waals surface area contributed by atoms with E-state index in [9.17, 15) is 0 Å². The molecule has 11 rings (SSSR count). The molecule has 0 amide bonds. The molecule has 0 spiro atoms. The number of furan rings is 1. The Morgan fingerprint density at radius 3 is 2.50 bits per heavy atom. The van der Waals surface area contributed by atoms with Crippen LogP contribution in [-0.2, 0) is 5.41 Å². The molecule has 4 aliphatic rings. The summed E-state index contributed by atoms with van der Waals surface area (Å²) in [7, 11) is 0. The number of hydrogen-bond acceptors (Lipinski definition) is 2. The predicted octanol–water partition coefficient (Wildman–Crippen LogP) is 8.14. The molecule has 0 fully saturated rings. The van der Waals surface area contributed by atoms with Gasteiger partial charge in [-0.1, -0.05) is 0 Å². The molecule has 240 valence electrons. The van der Waals surface area contributed by atoms with Crippen LogP contribution in [0.4, 0.5) is 0 Å². The van der Waals surface area contributed by atoms with Crippen LogP contribution in [-0.4, -0.2) is 21.7 Å². The maximum atomic E-state index is 6.92. The van der Waals surface area contributed by atoms with Crippen LogP contribution in [0, 0.1) is 0 Å². The molecule has 1 atom stereocenters. The number of allylic oxidation sites excluding steroid dienone is 2. The molecule has 3 heterocycles. The fraction of sp³-hybridized carbons (Fsp3) is 0.174. The van der Waals surface area contributed by atoms with E-state index in [4.69, 9.17) is 9.15 Å². The Morgan fingerprint density at radius 2 is 1.54 bits per heavy atom. The molecule has 7 aromatic rings. The van der Waals surface area contributed by atoms with Crippen molar-refractivity contribution < 1.29 is 9.15 Å². The minimum atomic E-state index is 0.0703. The topological polar surface area (TPSA) is 22.4 Å². The SMILES string of the molecule is CC1(C)C2=C(CCCC2)C(c2ccc3c(c2)Oc2cccc4c2B3c2cc(-c3cccc5c3oc3ccccc35)ccc2[Se]4)c2ccccc21. The van der Waals surface area contributed by atoms with Crippen molar-refractivity contribution in [3.05, 3.63) is 149 Å². The van der Waals surface area contributed by atoms with Gasteiger partial charge in [0, 0.05) is 0 Å². The van der Waals surface area contributed by atoms with Gasteiger partial charge < -0.3 is 0 Å². The minimum absolute atomic E-state index is 0.0703. The van der Waals surface area contributed by atoms with Crippen LogP contribution in [0.15, 0.2) is 137 Å². The Morgan fingerprint density at radius 1 is 0.700 bits per heavy atom. The molecule has 50 heavy (non-hydrogen) atoms. The van der Waals surface area contributed by atoms with Crippen LogP contribution in [0.1, 0.15) is 62.1 Å². The molecule has 4 heteroatoms. The van der Waals surface area contributed by atoms with Gasteiger partial charge in [-0.25, -0.2) is 0 Å². The second-order valence-corrected chi connectivity index (χ2v) is 17.3. The Hall–Kier alpha value is -4.76. The van der Waals surface area contributed by atoms with Crippen molar-refractivity contribution in [1.82, 2.24) is 0 Å². The molecule has 2 nitrogen and oxygen atoms in total. The van der Waals surface area contributed by atoms with E-state index in [0.29, 0.717) is 0 Å². The van der Waals surface area contributed by atoms with E-state index in [2.05, 4.69) is 129 Å². The summed E-state index contributed by atoms with van der Waals surface area (Å²) in [5.41, 5.74) is 15.9. The van der Waals surface area contributed by atoms with E-state index in [0.717, 1.165) is 28.2 Å². The quantitative estimate of drug-likeness (QED) is 0.134. The number of ether oxygens (including phenoxy) is 1. The van der Waals surface area contributed by atoms with Gasteiger partial charge in [0.05, 0.1) is 0 Å². The Bertz CT molecular complexity index is 2610. The molecule has 1 aromatic heterocycles. The second kappa shape index (κ2) is 10.6. The van der Waals surface area contributed by atoms with Crippen molar-refractivity contribution >= 4 is 68.9 Å². The normalized spacial score (nSPS) is 18.2. The van der Waals surface area contributed by atoms with Gasteiger partial charge in [-0.2, -0.15) is 0 Å². The van der Waals surface area contributed by atoms with Gasteiger partial charge in [0.2, 0.25) is 0 Å². The van der Waals surface area contributed by atoms with Gasteiger partial charge in [0.25, 0.3) is 0 Å². The first kappa shape index (κ1) is 29.0. The summed E-state index contributed by atoms with van der Waals surface area (Å²) in [6.07, 6.45) is 4.95. The zero-order chi connectivity index (χ0) is 33.1. The number of para-hydroxylation sites is 2. The fourth-order valence-electron chi connectivity index (χ4n) is 9.78. The summed E-state index contributed by atoms with van der Waals surface area (Å²) in [5, 5.41) is 2.33. The van der Waals surface area contributed by atoms with Crippen LogP contribution in [0.3, 0.4) is 0 Å². The van der Waals surface area contributed by atoms with E-state index in [1.807, 2.05) is 6.07 Å². The summed E-state index contributed by atoms with van der Waals surface area (Å²) in [4.78, 5) is 0. The van der Waals surface area contributed by atoms with Gasteiger partial charge in [0.1, 0.15) is 0 Å². The number of hydrogen-bond donors (Lipinski definition) is 0. The standard InChI is InChI=1S/C46H35BO2Se/c1-46(2)34-16-6-3-12-32(34)43(33-13-4-7-17-35(33)46)28-21-23-36-40(26-28)48-39-19-10-20-42-44(39)47(36)37-25-27(22-24-41(37)50-42)29-14-9-15-31-30-11-5-8-18-38(30)49-45(29)31/h3,5-6,8-12,14-16,18-26,43H,4,7,13,17H2,1-2H3. The molecule has 2 aliphatic heterocycles. The van der Waals surface area contributed by atoms with Crippen molar-refractivity contribution in [1.29, 1.82) is 0 Å². The van der Waals surface area contributed by atoms with Crippen molar-refractivity contribution in [2.75, 3.05) is 0 Å². The maximum absolute atomic E-state index is 6.92. The summed E-state index contributed by atoms with van der Waals surface area (Å²) in [6.45, 7) is 5.01. The average Bonchev–Trinajstić information content (AvgIpc) is 3.54. The monoisotopic (exact) mass is 710 g/mol. The third-order valence-electron chi connectivity index (χ3n) is 12.0. The Labute approximate surface area is 299 Å². The van der Waals surface area contributed by atoms with Gasteiger partial charge in [-0.15, -0.1) is 0 Å². The van der Waals surface area contributed by atoms with Crippen LogP contribution < -0.4 is 30.0 Å². The van der Waals surface area contributed by atoms with Crippen molar-refractivity contribution in [2.45, 2.75) is 50.9 Å². The number of fused-ring (bicyclic) bond motifs is 8. The average molecular weight is 710 g/mol. The van der Waals surface area contributed by atoms with Crippen LogP contribution in [0.2, 0.25) is 0 Å². The van der Waals surface area contributed by atoms with Crippen LogP contribution in [0.25, 0.3) is 33.1 Å². The van der Waals surface area contributed by atoms with Crippen molar-refractivity contribution in [3.63, 3.8) is 0 Å². The van der Waals surface area contributed by atoms with Gasteiger partial charge >= 0.3 is 301 Å². The van der Waals surface area contributed by atoms with Gasteiger partial charge in [-0.3, -0.25) is 0 Å². The second-order valence-electron chi connectivity index (χ2n) is 15.0. The molecule has 2 aliphatic carbocycles. The predicted molar refractivity (Wildman–Crippen MR) is 209 cm³/mol. The first-order chi connectivity index (χ1) is 24.5. The first-order valence-corrected chi connectivity index (χ1v) is 19.7. The molecule has 0 saturated heterocycles. The summed E-state index contributed by atoms with van der Waals surface area (Å²) < 4.78 is 16.3. The molecular formula is C46H35BO2Se. The Kier molecular flexibility index (Phi) is 6.17. The fourth-order valence-corrected chi connectivity index (χ4v) is 12.2. The molecule has 0 N–H and O–H groups in total. The number of rotatable bonds is 2. The molecule has 0 bridgehead atoms. The van der Waals surface area contributed by atoms with E-state index in [-0.39, 0.29) is 33.0 Å². The summed E-state index contributed by atoms with van der Waals surface area (Å²) in [5.74, 6) is 2.29.